The summed E-state index contributed by atoms with van der Waals surface area (Å²) in [5, 5.41) is 15.0. The predicted octanol–water partition coefficient (Wildman–Crippen LogP) is 3.05. The molecule has 104 valence electrons. The van der Waals surface area contributed by atoms with E-state index < -0.39 is 4.92 Å². The lowest BCUT2D eigenvalue weighted by Crippen LogP contribution is -2.13. The van der Waals surface area contributed by atoms with E-state index in [0.29, 0.717) is 17.0 Å². The Morgan fingerprint density at radius 3 is 2.45 bits per heavy atom. The van der Waals surface area contributed by atoms with Gasteiger partial charge in [0.15, 0.2) is 5.78 Å². The minimum absolute atomic E-state index is 0.0118. The highest BCUT2D eigenvalue weighted by Gasteiger charge is 2.22. The van der Waals surface area contributed by atoms with E-state index in [9.17, 15) is 14.9 Å². The van der Waals surface area contributed by atoms with Gasteiger partial charge in [0.2, 0.25) is 0 Å². The van der Waals surface area contributed by atoms with Crippen LogP contribution < -0.4 is 0 Å². The summed E-state index contributed by atoms with van der Waals surface area (Å²) in [6.07, 6.45) is 0. The fourth-order valence-electron chi connectivity index (χ4n) is 1.97. The maximum Gasteiger partial charge on any atom is 0.312 e. The molecule has 6 nitrogen and oxygen atoms in total. The Morgan fingerprint density at radius 2 is 1.95 bits per heavy atom. The third-order valence-electron chi connectivity index (χ3n) is 2.99. The lowest BCUT2D eigenvalue weighted by molar-refractivity contribution is -0.386. The van der Waals surface area contributed by atoms with Crippen molar-refractivity contribution >= 4 is 27.4 Å². The van der Waals surface area contributed by atoms with Crippen molar-refractivity contribution in [2.24, 2.45) is 0 Å². The largest absolute Gasteiger partial charge is 0.312 e. The Labute approximate surface area is 123 Å². The van der Waals surface area contributed by atoms with Crippen molar-refractivity contribution in [3.63, 3.8) is 0 Å². The molecule has 0 saturated heterocycles. The topological polar surface area (TPSA) is 78.0 Å². The highest BCUT2D eigenvalue weighted by atomic mass is 79.9. The Kier molecular flexibility index (Phi) is 3.99. The van der Waals surface area contributed by atoms with Crippen molar-refractivity contribution in [3.05, 3.63) is 55.8 Å². The molecule has 0 bridgehead atoms. The molecule has 0 atom stereocenters. The third kappa shape index (κ3) is 2.77. The molecule has 1 aromatic carbocycles. The normalized spacial score (nSPS) is 10.6. The molecular weight excluding hydrogens is 326 g/mol. The molecule has 7 heteroatoms. The lowest BCUT2D eigenvalue weighted by atomic mass is 10.1. The summed E-state index contributed by atoms with van der Waals surface area (Å²) in [6.45, 7) is 3.14. The first-order valence-corrected chi connectivity index (χ1v) is 6.66. The van der Waals surface area contributed by atoms with Gasteiger partial charge in [-0.25, -0.2) is 0 Å². The number of hydrogen-bond acceptors (Lipinski definition) is 4. The van der Waals surface area contributed by atoms with Gasteiger partial charge in [-0.3, -0.25) is 19.6 Å². The molecule has 0 aliphatic heterocycles. The summed E-state index contributed by atoms with van der Waals surface area (Å²) in [5.74, 6) is -0.141. The summed E-state index contributed by atoms with van der Waals surface area (Å²) in [4.78, 5) is 22.6. The fraction of sp³-hybridized carbons (Fsp3) is 0.231. The number of Topliss-reactive ketones (excluding diaryl/α,β-unsaturated/α-hetero) is 1. The summed E-state index contributed by atoms with van der Waals surface area (Å²) in [5.41, 5.74) is 1.21. The summed E-state index contributed by atoms with van der Waals surface area (Å²) in [7, 11) is 0. The average Bonchev–Trinajstić information content (AvgIpc) is 2.65. The third-order valence-corrected chi connectivity index (χ3v) is 3.51. The van der Waals surface area contributed by atoms with Crippen LogP contribution in [0.2, 0.25) is 0 Å². The number of nitro groups is 1. The number of carbonyl (C=O) groups excluding carboxylic acids is 1. The van der Waals surface area contributed by atoms with Gasteiger partial charge in [0.05, 0.1) is 4.92 Å². The monoisotopic (exact) mass is 337 g/mol. The number of aromatic nitrogens is 2. The van der Waals surface area contributed by atoms with Crippen LogP contribution in [0.3, 0.4) is 0 Å². The highest BCUT2D eigenvalue weighted by Crippen LogP contribution is 2.22. The second kappa shape index (κ2) is 5.54. The molecule has 0 amide bonds. The Bertz CT molecular complexity index is 677. The number of ketones is 1. The van der Waals surface area contributed by atoms with Crippen LogP contribution in [0.25, 0.3) is 0 Å². The van der Waals surface area contributed by atoms with E-state index in [1.54, 1.807) is 38.1 Å². The quantitative estimate of drug-likeness (QED) is 0.488. The molecule has 0 aliphatic rings. The van der Waals surface area contributed by atoms with Crippen LogP contribution in [0.4, 0.5) is 5.69 Å². The zero-order valence-corrected chi connectivity index (χ0v) is 12.5. The first-order valence-electron chi connectivity index (χ1n) is 5.87. The summed E-state index contributed by atoms with van der Waals surface area (Å²) < 4.78 is 2.26. The van der Waals surface area contributed by atoms with Gasteiger partial charge in [-0.05, 0) is 26.0 Å². The highest BCUT2D eigenvalue weighted by molar-refractivity contribution is 9.10. The van der Waals surface area contributed by atoms with Crippen LogP contribution in [0.5, 0.6) is 0 Å². The van der Waals surface area contributed by atoms with Gasteiger partial charge in [-0.15, -0.1) is 0 Å². The fourth-order valence-corrected chi connectivity index (χ4v) is 2.23. The van der Waals surface area contributed by atoms with Crippen molar-refractivity contribution < 1.29 is 9.72 Å². The second-order valence-corrected chi connectivity index (χ2v) is 5.28. The van der Waals surface area contributed by atoms with E-state index in [1.807, 2.05) is 0 Å². The Morgan fingerprint density at radius 1 is 1.35 bits per heavy atom. The van der Waals surface area contributed by atoms with Crippen LogP contribution in [-0.2, 0) is 6.54 Å². The van der Waals surface area contributed by atoms with Crippen LogP contribution in [-0.4, -0.2) is 20.5 Å². The van der Waals surface area contributed by atoms with Gasteiger partial charge in [-0.1, -0.05) is 28.1 Å². The van der Waals surface area contributed by atoms with Gasteiger partial charge in [-0.2, -0.15) is 5.10 Å². The Hall–Kier alpha value is -2.02. The van der Waals surface area contributed by atoms with Crippen LogP contribution in [0.15, 0.2) is 28.7 Å². The zero-order valence-electron chi connectivity index (χ0n) is 11.0. The first kappa shape index (κ1) is 14.4. The van der Waals surface area contributed by atoms with E-state index in [-0.39, 0.29) is 18.0 Å². The van der Waals surface area contributed by atoms with Crippen molar-refractivity contribution in [2.45, 2.75) is 20.4 Å². The molecule has 2 rings (SSSR count). The number of carbonyl (C=O) groups is 1. The van der Waals surface area contributed by atoms with E-state index in [0.717, 1.165) is 4.47 Å². The Balaban J connectivity index is 2.26. The number of halogens is 1. The van der Waals surface area contributed by atoms with Crippen molar-refractivity contribution in [1.82, 2.24) is 9.78 Å². The number of rotatable bonds is 4. The van der Waals surface area contributed by atoms with E-state index in [4.69, 9.17) is 0 Å². The maximum atomic E-state index is 12.1. The van der Waals surface area contributed by atoms with E-state index in [2.05, 4.69) is 21.0 Å². The second-order valence-electron chi connectivity index (χ2n) is 4.36. The molecule has 0 aliphatic carbocycles. The van der Waals surface area contributed by atoms with E-state index >= 15 is 0 Å². The van der Waals surface area contributed by atoms with Gasteiger partial charge in [0, 0.05) is 10.0 Å². The minimum Gasteiger partial charge on any atom is -0.292 e. The van der Waals surface area contributed by atoms with Gasteiger partial charge >= 0.3 is 5.69 Å². The molecule has 1 heterocycles. The molecule has 20 heavy (non-hydrogen) atoms. The molecule has 0 fully saturated rings. The van der Waals surface area contributed by atoms with Gasteiger partial charge < -0.3 is 0 Å². The van der Waals surface area contributed by atoms with Gasteiger partial charge in [0.25, 0.3) is 0 Å². The van der Waals surface area contributed by atoms with Crippen LogP contribution in [0.1, 0.15) is 21.7 Å². The van der Waals surface area contributed by atoms with E-state index in [1.165, 1.54) is 4.68 Å². The summed E-state index contributed by atoms with van der Waals surface area (Å²) >= 11 is 3.30. The number of benzene rings is 1. The molecule has 1 aromatic heterocycles. The van der Waals surface area contributed by atoms with Crippen molar-refractivity contribution in [3.8, 4) is 0 Å². The standard InChI is InChI=1S/C13H12BrN3O3/c1-8-13(17(19)20)9(2)16(15-8)7-12(18)10-3-5-11(14)6-4-10/h3-6H,7H2,1-2H3. The number of nitrogens with zero attached hydrogens (tertiary/aromatic N) is 3. The number of hydrogen-bond donors (Lipinski definition) is 0. The molecule has 2 aromatic rings. The molecule has 0 spiro atoms. The number of aryl methyl sites for hydroxylation is 1. The predicted molar refractivity (Wildman–Crippen MR) is 76.8 cm³/mol. The minimum atomic E-state index is -0.474. The van der Waals surface area contributed by atoms with Crippen LogP contribution >= 0.6 is 15.9 Å². The molecule has 0 unspecified atom stereocenters. The molecule has 0 saturated carbocycles. The summed E-state index contributed by atoms with van der Waals surface area (Å²) in [6, 6.07) is 6.95. The smallest absolute Gasteiger partial charge is 0.292 e. The van der Waals surface area contributed by atoms with Gasteiger partial charge in [0.1, 0.15) is 17.9 Å². The SMILES string of the molecule is Cc1nn(CC(=O)c2ccc(Br)cc2)c(C)c1[N+](=O)[O-]. The van der Waals surface area contributed by atoms with Crippen molar-refractivity contribution in [1.29, 1.82) is 0 Å². The zero-order chi connectivity index (χ0) is 14.9. The maximum absolute atomic E-state index is 12.1. The van der Waals surface area contributed by atoms with Crippen molar-refractivity contribution in [2.75, 3.05) is 0 Å². The van der Waals surface area contributed by atoms with Crippen LogP contribution in [0, 0.1) is 24.0 Å². The molecule has 0 N–H and O–H groups in total. The molecular formula is C13H12BrN3O3. The lowest BCUT2D eigenvalue weighted by Gasteiger charge is -2.03. The average molecular weight is 338 g/mol. The first-order chi connectivity index (χ1) is 9.40. The molecule has 0 radical (unpaired) electrons.